The van der Waals surface area contributed by atoms with Crippen LogP contribution in [0.25, 0.3) is 0 Å². The van der Waals surface area contributed by atoms with E-state index < -0.39 is 0 Å². The van der Waals surface area contributed by atoms with Gasteiger partial charge in [0.1, 0.15) is 5.76 Å². The predicted molar refractivity (Wildman–Crippen MR) is 46.9 cm³/mol. The third-order valence-electron chi connectivity index (χ3n) is 2.97. The van der Waals surface area contributed by atoms with Crippen molar-refractivity contribution < 1.29 is 14.3 Å². The molecule has 0 aromatic carbocycles. The zero-order chi connectivity index (χ0) is 9.42. The van der Waals surface area contributed by atoms with Crippen molar-refractivity contribution in [3.05, 3.63) is 11.3 Å². The van der Waals surface area contributed by atoms with Gasteiger partial charge in [-0.2, -0.15) is 0 Å². The van der Waals surface area contributed by atoms with E-state index in [1.807, 2.05) is 6.92 Å². The van der Waals surface area contributed by atoms with Gasteiger partial charge in [0.25, 0.3) is 0 Å². The van der Waals surface area contributed by atoms with Crippen molar-refractivity contribution in [2.45, 2.75) is 20.3 Å². The fraction of sp³-hybridized carbons (Fsp3) is 0.700. The maximum atomic E-state index is 11.8. The highest BCUT2D eigenvalue weighted by molar-refractivity contribution is 5.98. The maximum Gasteiger partial charge on any atom is 0.188 e. The van der Waals surface area contributed by atoms with Gasteiger partial charge in [0.15, 0.2) is 12.6 Å². The number of hydrogen-bond acceptors (Lipinski definition) is 3. The minimum atomic E-state index is 0.115. The topological polar surface area (TPSA) is 35.5 Å². The minimum Gasteiger partial charge on any atom is -0.471 e. The molecular weight excluding hydrogens is 168 g/mol. The molecule has 1 aliphatic carbocycles. The number of ketones is 1. The molecule has 2 unspecified atom stereocenters. The molecular formula is C10H14O3. The van der Waals surface area contributed by atoms with E-state index in [0.29, 0.717) is 19.3 Å². The second-order valence-corrected chi connectivity index (χ2v) is 3.85. The van der Waals surface area contributed by atoms with Crippen LogP contribution in [0, 0.1) is 11.8 Å². The summed E-state index contributed by atoms with van der Waals surface area (Å²) >= 11 is 0. The van der Waals surface area contributed by atoms with Gasteiger partial charge < -0.3 is 9.47 Å². The summed E-state index contributed by atoms with van der Waals surface area (Å²) in [6.07, 6.45) is 0.881. The number of rotatable bonds is 0. The molecule has 0 bridgehead atoms. The van der Waals surface area contributed by atoms with Crippen LogP contribution in [0.5, 0.6) is 0 Å². The van der Waals surface area contributed by atoms with Crippen molar-refractivity contribution >= 4 is 5.78 Å². The second kappa shape index (κ2) is 3.14. The van der Waals surface area contributed by atoms with Gasteiger partial charge >= 0.3 is 0 Å². The van der Waals surface area contributed by atoms with Crippen LogP contribution in [0.3, 0.4) is 0 Å². The average molecular weight is 182 g/mol. The van der Waals surface area contributed by atoms with Crippen molar-refractivity contribution in [2.24, 2.45) is 11.8 Å². The largest absolute Gasteiger partial charge is 0.471 e. The van der Waals surface area contributed by atoms with Crippen LogP contribution in [-0.2, 0) is 14.3 Å². The molecule has 0 spiro atoms. The number of allylic oxidation sites excluding steroid dienone is 1. The van der Waals surface area contributed by atoms with Crippen LogP contribution < -0.4 is 0 Å². The van der Waals surface area contributed by atoms with Gasteiger partial charge in [-0.15, -0.1) is 0 Å². The fourth-order valence-electron chi connectivity index (χ4n) is 1.82. The van der Waals surface area contributed by atoms with E-state index in [9.17, 15) is 4.79 Å². The monoisotopic (exact) mass is 182 g/mol. The standard InChI is InChI=1S/C10H14O3/c1-6-3-9-8(4-12-5-13-9)10(11)7(6)2/h6-7H,3-5H2,1-2H3. The van der Waals surface area contributed by atoms with Crippen molar-refractivity contribution in [3.63, 3.8) is 0 Å². The van der Waals surface area contributed by atoms with Crippen LogP contribution in [-0.4, -0.2) is 19.2 Å². The van der Waals surface area contributed by atoms with Crippen LogP contribution in [0.2, 0.25) is 0 Å². The van der Waals surface area contributed by atoms with E-state index in [-0.39, 0.29) is 11.7 Å². The fourth-order valence-corrected chi connectivity index (χ4v) is 1.82. The molecule has 0 aromatic heterocycles. The molecule has 3 nitrogen and oxygen atoms in total. The molecule has 3 heteroatoms. The Kier molecular flexibility index (Phi) is 2.12. The molecule has 0 amide bonds. The quantitative estimate of drug-likeness (QED) is 0.569. The number of carbonyl (C=O) groups excluding carboxylic acids is 1. The number of Topliss-reactive ketones (excluding diaryl/α,β-unsaturated/α-hetero) is 1. The lowest BCUT2D eigenvalue weighted by Gasteiger charge is -2.31. The van der Waals surface area contributed by atoms with Crippen LogP contribution in [0.1, 0.15) is 20.3 Å². The first-order valence-electron chi connectivity index (χ1n) is 4.67. The molecule has 2 rings (SSSR count). The SMILES string of the molecule is CC1CC2=C(COCO2)C(=O)C1C. The summed E-state index contributed by atoms with van der Waals surface area (Å²) in [5, 5.41) is 0. The van der Waals surface area contributed by atoms with Gasteiger partial charge in [0.05, 0.1) is 12.2 Å². The lowest BCUT2D eigenvalue weighted by molar-refractivity contribution is -0.125. The second-order valence-electron chi connectivity index (χ2n) is 3.85. The molecule has 1 heterocycles. The smallest absolute Gasteiger partial charge is 0.188 e. The first-order valence-corrected chi connectivity index (χ1v) is 4.67. The van der Waals surface area contributed by atoms with E-state index in [1.54, 1.807) is 0 Å². The average Bonchev–Trinajstić information content (AvgIpc) is 2.15. The van der Waals surface area contributed by atoms with Gasteiger partial charge in [-0.25, -0.2) is 0 Å². The lowest BCUT2D eigenvalue weighted by atomic mass is 9.80. The van der Waals surface area contributed by atoms with Gasteiger partial charge in [0, 0.05) is 12.3 Å². The third kappa shape index (κ3) is 1.37. The minimum absolute atomic E-state index is 0.115. The number of ether oxygens (including phenoxy) is 2. The molecule has 2 aliphatic rings. The van der Waals surface area contributed by atoms with Crippen molar-refractivity contribution in [3.8, 4) is 0 Å². The Balaban J connectivity index is 2.31. The Bertz CT molecular complexity index is 267. The van der Waals surface area contributed by atoms with Crippen molar-refractivity contribution in [1.82, 2.24) is 0 Å². The van der Waals surface area contributed by atoms with Crippen molar-refractivity contribution in [2.75, 3.05) is 13.4 Å². The molecule has 0 saturated heterocycles. The maximum absolute atomic E-state index is 11.8. The Morgan fingerprint density at radius 2 is 2.15 bits per heavy atom. The van der Waals surface area contributed by atoms with E-state index in [2.05, 4.69) is 6.92 Å². The van der Waals surface area contributed by atoms with Gasteiger partial charge in [-0.1, -0.05) is 13.8 Å². The first kappa shape index (κ1) is 8.75. The first-order chi connectivity index (χ1) is 6.20. The summed E-state index contributed by atoms with van der Waals surface area (Å²) in [4.78, 5) is 11.8. The summed E-state index contributed by atoms with van der Waals surface area (Å²) < 4.78 is 10.4. The van der Waals surface area contributed by atoms with E-state index >= 15 is 0 Å². The predicted octanol–water partition coefficient (Wildman–Crippen LogP) is 1.49. The summed E-state index contributed by atoms with van der Waals surface area (Å²) in [7, 11) is 0. The van der Waals surface area contributed by atoms with E-state index in [0.717, 1.165) is 17.8 Å². The van der Waals surface area contributed by atoms with E-state index in [1.165, 1.54) is 0 Å². The molecule has 0 saturated carbocycles. The summed E-state index contributed by atoms with van der Waals surface area (Å²) in [6.45, 7) is 4.80. The van der Waals surface area contributed by atoms with Crippen LogP contribution in [0.4, 0.5) is 0 Å². The molecule has 0 N–H and O–H groups in total. The Hall–Kier alpha value is -0.830. The van der Waals surface area contributed by atoms with Crippen LogP contribution in [0.15, 0.2) is 11.3 Å². The Morgan fingerprint density at radius 1 is 1.38 bits per heavy atom. The number of carbonyl (C=O) groups is 1. The zero-order valence-corrected chi connectivity index (χ0v) is 8.00. The molecule has 72 valence electrons. The van der Waals surface area contributed by atoms with Crippen molar-refractivity contribution in [1.29, 1.82) is 0 Å². The highest BCUT2D eigenvalue weighted by Gasteiger charge is 2.34. The van der Waals surface area contributed by atoms with E-state index in [4.69, 9.17) is 9.47 Å². The summed E-state index contributed by atoms with van der Waals surface area (Å²) in [5.74, 6) is 1.57. The molecule has 2 atom stereocenters. The normalized spacial score (nSPS) is 34.2. The Labute approximate surface area is 77.7 Å². The van der Waals surface area contributed by atoms with Gasteiger partial charge in [-0.05, 0) is 5.92 Å². The molecule has 0 aromatic rings. The Morgan fingerprint density at radius 3 is 2.92 bits per heavy atom. The molecule has 1 aliphatic heterocycles. The van der Waals surface area contributed by atoms with Gasteiger partial charge in [-0.3, -0.25) is 4.79 Å². The highest BCUT2D eigenvalue weighted by Crippen LogP contribution is 2.33. The number of hydrogen-bond donors (Lipinski definition) is 0. The molecule has 0 radical (unpaired) electrons. The van der Waals surface area contributed by atoms with Crippen LogP contribution >= 0.6 is 0 Å². The summed E-state index contributed by atoms with van der Waals surface area (Å²) in [6, 6.07) is 0. The molecule has 0 fully saturated rings. The molecule has 13 heavy (non-hydrogen) atoms. The third-order valence-corrected chi connectivity index (χ3v) is 2.97. The van der Waals surface area contributed by atoms with Gasteiger partial charge in [0.2, 0.25) is 0 Å². The summed E-state index contributed by atoms with van der Waals surface area (Å²) in [5.41, 5.74) is 0.761. The highest BCUT2D eigenvalue weighted by atomic mass is 16.7. The zero-order valence-electron chi connectivity index (χ0n) is 8.00. The lowest BCUT2D eigenvalue weighted by Crippen LogP contribution is -2.32.